The molecule has 1 aromatic heterocycles. The fraction of sp³-hybridized carbons (Fsp3) is 0.389. The highest BCUT2D eigenvalue weighted by molar-refractivity contribution is 6.38. The molecule has 1 fully saturated rings. The highest BCUT2D eigenvalue weighted by atomic mass is 35.5. The van der Waals surface area contributed by atoms with E-state index in [0.29, 0.717) is 6.34 Å². The van der Waals surface area contributed by atoms with Crippen molar-refractivity contribution in [3.8, 4) is 11.8 Å². The number of aliphatic imine (C=N–C) groups is 1. The number of benzene rings is 1. The minimum absolute atomic E-state index is 0.136. The molecule has 0 bridgehead atoms. The van der Waals surface area contributed by atoms with Gasteiger partial charge in [-0.05, 0) is 12.1 Å². The van der Waals surface area contributed by atoms with E-state index in [-0.39, 0.29) is 16.8 Å². The summed E-state index contributed by atoms with van der Waals surface area (Å²) in [6, 6.07) is 1.60. The van der Waals surface area contributed by atoms with Gasteiger partial charge in [-0.25, -0.2) is 9.67 Å². The van der Waals surface area contributed by atoms with E-state index in [1.165, 1.54) is 14.1 Å². The third kappa shape index (κ3) is 3.60. The summed E-state index contributed by atoms with van der Waals surface area (Å²) in [5.41, 5.74) is -11.0. The maximum atomic E-state index is 14.2. The molecule has 0 atom stereocenters. The summed E-state index contributed by atoms with van der Waals surface area (Å²) in [6.45, 7) is 0. The molecule has 0 saturated heterocycles. The number of nitrogens with zero attached hydrogens (tertiary/aromatic N) is 5. The van der Waals surface area contributed by atoms with Gasteiger partial charge in [-0.3, -0.25) is 0 Å². The molecule has 1 aromatic carbocycles. The van der Waals surface area contributed by atoms with E-state index in [0.717, 1.165) is 11.0 Å². The standard InChI is InChI=1S/C18H9Cl2F10N5/c1-34(2)6-32-13-11(14(18(28,29)30)16(24,25)17(14,26)27)10(5-31)33-35(13)12-8(19)3-7(4-9(12)20)15(21,22)23/h3-4,6H,1-2H3/b32-6-. The van der Waals surface area contributed by atoms with Crippen LogP contribution in [-0.2, 0) is 11.6 Å². The number of hydrogen-bond acceptors (Lipinski definition) is 3. The average molecular weight is 556 g/mol. The first kappa shape index (κ1) is 26.9. The molecule has 1 heterocycles. The molecular formula is C18H9Cl2F10N5. The monoisotopic (exact) mass is 555 g/mol. The minimum atomic E-state index is -6.32. The molecule has 17 heteroatoms. The van der Waals surface area contributed by atoms with Crippen LogP contribution < -0.4 is 0 Å². The second-order valence-corrected chi connectivity index (χ2v) is 8.28. The van der Waals surface area contributed by atoms with E-state index in [4.69, 9.17) is 23.2 Å². The van der Waals surface area contributed by atoms with Crippen LogP contribution in [0.15, 0.2) is 17.1 Å². The van der Waals surface area contributed by atoms with Crippen molar-refractivity contribution in [3.05, 3.63) is 39.0 Å². The Morgan fingerprint density at radius 3 is 1.86 bits per heavy atom. The van der Waals surface area contributed by atoms with Gasteiger partial charge < -0.3 is 4.90 Å². The van der Waals surface area contributed by atoms with Crippen LogP contribution >= 0.6 is 23.2 Å². The van der Waals surface area contributed by atoms with Gasteiger partial charge in [-0.15, -0.1) is 0 Å². The molecule has 0 aliphatic heterocycles. The van der Waals surface area contributed by atoms with Crippen LogP contribution in [0.2, 0.25) is 10.0 Å². The van der Waals surface area contributed by atoms with Crippen molar-refractivity contribution in [1.29, 1.82) is 5.26 Å². The fourth-order valence-corrected chi connectivity index (χ4v) is 4.09. The first-order chi connectivity index (χ1) is 15.8. The van der Waals surface area contributed by atoms with E-state index < -0.39 is 68.0 Å². The molecule has 0 radical (unpaired) electrons. The molecular weight excluding hydrogens is 547 g/mol. The topological polar surface area (TPSA) is 57.2 Å². The highest BCUT2D eigenvalue weighted by Crippen LogP contribution is 2.79. The Labute approximate surface area is 199 Å². The smallest absolute Gasteiger partial charge is 0.369 e. The molecule has 1 saturated carbocycles. The van der Waals surface area contributed by atoms with Crippen LogP contribution in [0.25, 0.3) is 5.69 Å². The van der Waals surface area contributed by atoms with Gasteiger partial charge in [0, 0.05) is 14.1 Å². The maximum Gasteiger partial charge on any atom is 0.416 e. The Hall–Kier alpha value is -2.73. The molecule has 3 rings (SSSR count). The molecule has 5 nitrogen and oxygen atoms in total. The summed E-state index contributed by atoms with van der Waals surface area (Å²) in [4.78, 5) is 4.56. The van der Waals surface area contributed by atoms with Crippen molar-refractivity contribution in [2.45, 2.75) is 29.6 Å². The fourth-order valence-electron chi connectivity index (χ4n) is 3.44. The van der Waals surface area contributed by atoms with Gasteiger partial charge in [-0.2, -0.15) is 54.3 Å². The van der Waals surface area contributed by atoms with Crippen molar-refractivity contribution in [1.82, 2.24) is 14.7 Å². The maximum absolute atomic E-state index is 14.2. The van der Waals surface area contributed by atoms with Crippen LogP contribution in [0.3, 0.4) is 0 Å². The summed E-state index contributed by atoms with van der Waals surface area (Å²) < 4.78 is 138. The van der Waals surface area contributed by atoms with Crippen LogP contribution in [0, 0.1) is 11.3 Å². The van der Waals surface area contributed by atoms with Gasteiger partial charge >= 0.3 is 24.2 Å². The van der Waals surface area contributed by atoms with E-state index in [2.05, 4.69) is 10.1 Å². The molecule has 35 heavy (non-hydrogen) atoms. The van der Waals surface area contributed by atoms with Crippen LogP contribution in [-0.4, -0.2) is 53.1 Å². The second kappa shape index (κ2) is 7.89. The zero-order chi connectivity index (χ0) is 26.9. The van der Waals surface area contributed by atoms with E-state index in [1.807, 2.05) is 0 Å². The van der Waals surface area contributed by atoms with Crippen molar-refractivity contribution in [2.75, 3.05) is 14.1 Å². The van der Waals surface area contributed by atoms with E-state index in [1.54, 1.807) is 0 Å². The first-order valence-corrected chi connectivity index (χ1v) is 9.66. The lowest BCUT2D eigenvalue weighted by molar-refractivity contribution is -0.190. The molecule has 0 spiro atoms. The highest BCUT2D eigenvalue weighted by Gasteiger charge is 3.06. The van der Waals surface area contributed by atoms with Crippen molar-refractivity contribution in [2.24, 2.45) is 4.99 Å². The largest absolute Gasteiger partial charge is 0.416 e. The Bertz CT molecular complexity index is 1220. The lowest BCUT2D eigenvalue weighted by atomic mass is 9.93. The lowest BCUT2D eigenvalue weighted by Gasteiger charge is -2.19. The summed E-state index contributed by atoms with van der Waals surface area (Å²) in [6.07, 6.45) is -10.6. The van der Waals surface area contributed by atoms with Gasteiger partial charge in [0.25, 0.3) is 0 Å². The molecule has 0 unspecified atom stereocenters. The predicted molar refractivity (Wildman–Crippen MR) is 103 cm³/mol. The van der Waals surface area contributed by atoms with Gasteiger partial charge in [0.2, 0.25) is 5.41 Å². The summed E-state index contributed by atoms with van der Waals surface area (Å²) in [5, 5.41) is 10.8. The molecule has 190 valence electrons. The normalized spacial score (nSPS) is 18.5. The Morgan fingerprint density at radius 1 is 1.03 bits per heavy atom. The van der Waals surface area contributed by atoms with Crippen LogP contribution in [0.4, 0.5) is 49.7 Å². The van der Waals surface area contributed by atoms with Crippen LogP contribution in [0.5, 0.6) is 0 Å². The van der Waals surface area contributed by atoms with Gasteiger partial charge in [-0.1, -0.05) is 23.2 Å². The SMILES string of the molecule is CN(C)/C=N\c1c(C2(C(F)(F)F)C(F)(F)C2(F)F)c(C#N)nn1-c1c(Cl)cc(C(F)(F)F)cc1Cl. The number of nitriles is 1. The lowest BCUT2D eigenvalue weighted by Crippen LogP contribution is -2.37. The molecule has 0 amide bonds. The average Bonchev–Trinajstić information content (AvgIpc) is 2.91. The van der Waals surface area contributed by atoms with Gasteiger partial charge in [0.15, 0.2) is 11.5 Å². The predicted octanol–water partition coefficient (Wildman–Crippen LogP) is 6.38. The number of alkyl halides is 10. The summed E-state index contributed by atoms with van der Waals surface area (Å²) >= 11 is 11.7. The van der Waals surface area contributed by atoms with Crippen molar-refractivity contribution < 1.29 is 43.9 Å². The van der Waals surface area contributed by atoms with Gasteiger partial charge in [0.05, 0.1) is 27.5 Å². The van der Waals surface area contributed by atoms with E-state index >= 15 is 0 Å². The van der Waals surface area contributed by atoms with E-state index in [9.17, 15) is 49.2 Å². The second-order valence-electron chi connectivity index (χ2n) is 7.46. The molecule has 1 aliphatic rings. The number of rotatable bonds is 4. The quantitative estimate of drug-likeness (QED) is 0.250. The Kier molecular flexibility index (Phi) is 6.05. The number of aromatic nitrogens is 2. The number of halogens is 12. The van der Waals surface area contributed by atoms with Crippen molar-refractivity contribution >= 4 is 35.4 Å². The molecule has 0 N–H and O–H groups in total. The third-order valence-corrected chi connectivity index (χ3v) is 5.58. The third-order valence-electron chi connectivity index (χ3n) is 5.01. The van der Waals surface area contributed by atoms with Crippen molar-refractivity contribution in [3.63, 3.8) is 0 Å². The number of hydrogen-bond donors (Lipinski definition) is 0. The molecule has 1 aliphatic carbocycles. The minimum Gasteiger partial charge on any atom is -0.369 e. The Balaban J connectivity index is 2.49. The Morgan fingerprint density at radius 2 is 1.51 bits per heavy atom. The summed E-state index contributed by atoms with van der Waals surface area (Å²) in [7, 11) is 2.54. The summed E-state index contributed by atoms with van der Waals surface area (Å²) in [5.74, 6) is -12.8. The van der Waals surface area contributed by atoms with Gasteiger partial charge in [0.1, 0.15) is 11.8 Å². The van der Waals surface area contributed by atoms with Crippen LogP contribution in [0.1, 0.15) is 16.8 Å². The zero-order valence-electron chi connectivity index (χ0n) is 17.0. The molecule has 2 aromatic rings. The first-order valence-electron chi connectivity index (χ1n) is 8.90. The zero-order valence-corrected chi connectivity index (χ0v) is 18.5.